The van der Waals surface area contributed by atoms with E-state index in [-0.39, 0.29) is 35.6 Å². The number of fused-ring (bicyclic) bond motifs is 1. The molecule has 0 bridgehead atoms. The first-order chi connectivity index (χ1) is 14.4. The van der Waals surface area contributed by atoms with Crippen LogP contribution in [-0.4, -0.2) is 66.8 Å². The number of ether oxygens (including phenoxy) is 2. The summed E-state index contributed by atoms with van der Waals surface area (Å²) < 4.78 is 10.8. The molecule has 1 aromatic rings. The fraction of sp³-hybridized carbons (Fsp3) is 0.619. The number of urea groups is 1. The molecule has 30 heavy (non-hydrogen) atoms. The Bertz CT molecular complexity index is 816. The molecule has 164 valence electrons. The smallest absolute Gasteiger partial charge is 0.327 e. The van der Waals surface area contributed by atoms with E-state index in [0.717, 1.165) is 5.56 Å². The Morgan fingerprint density at radius 2 is 1.73 bits per heavy atom. The summed E-state index contributed by atoms with van der Waals surface area (Å²) in [5.74, 6) is 0.822. The molecule has 3 fully saturated rings. The molecule has 2 saturated heterocycles. The lowest BCUT2D eigenvalue weighted by Gasteiger charge is -2.50. The first-order valence-corrected chi connectivity index (χ1v) is 11.3. The third-order valence-corrected chi connectivity index (χ3v) is 7.92. The highest BCUT2D eigenvalue weighted by Crippen LogP contribution is 2.40. The average molecular weight is 435 g/mol. The van der Waals surface area contributed by atoms with Gasteiger partial charge < -0.3 is 14.4 Å². The molecule has 1 aromatic carbocycles. The van der Waals surface area contributed by atoms with Crippen molar-refractivity contribution in [3.63, 3.8) is 0 Å². The normalized spacial score (nSPS) is 29.9. The first-order valence-electron chi connectivity index (χ1n) is 10.4. The van der Waals surface area contributed by atoms with Crippen molar-refractivity contribution in [1.29, 1.82) is 0 Å². The summed E-state index contributed by atoms with van der Waals surface area (Å²) in [6.45, 7) is 0. The SMILES string of the molecule is COc1ccc(C2NC(SC3CCCC3)C3C(=O)N(C)C(=O)N(C)C3N2)cc1OC. The van der Waals surface area contributed by atoms with Gasteiger partial charge in [0.15, 0.2) is 11.5 Å². The van der Waals surface area contributed by atoms with E-state index in [1.165, 1.54) is 30.6 Å². The maximum atomic E-state index is 13.1. The van der Waals surface area contributed by atoms with Crippen LogP contribution in [0.15, 0.2) is 18.2 Å². The molecule has 3 aliphatic rings. The molecule has 2 aliphatic heterocycles. The highest BCUT2D eigenvalue weighted by Gasteiger charge is 2.51. The predicted molar refractivity (Wildman–Crippen MR) is 115 cm³/mol. The lowest BCUT2D eigenvalue weighted by molar-refractivity contribution is -0.140. The van der Waals surface area contributed by atoms with Crippen molar-refractivity contribution in [2.24, 2.45) is 5.92 Å². The van der Waals surface area contributed by atoms with Crippen molar-refractivity contribution in [1.82, 2.24) is 20.4 Å². The second kappa shape index (κ2) is 8.64. The Balaban J connectivity index is 1.65. The Hall–Kier alpha value is -1.97. The zero-order chi connectivity index (χ0) is 21.4. The molecule has 2 heterocycles. The molecule has 2 N–H and O–H groups in total. The minimum Gasteiger partial charge on any atom is -0.493 e. The molecular weight excluding hydrogens is 404 g/mol. The van der Waals surface area contributed by atoms with Crippen LogP contribution in [0.4, 0.5) is 4.79 Å². The number of nitrogens with one attached hydrogen (secondary N) is 2. The van der Waals surface area contributed by atoms with E-state index in [2.05, 4.69) is 10.6 Å². The molecule has 1 saturated carbocycles. The van der Waals surface area contributed by atoms with Gasteiger partial charge in [-0.15, -0.1) is 11.8 Å². The Morgan fingerprint density at radius 3 is 2.40 bits per heavy atom. The van der Waals surface area contributed by atoms with E-state index >= 15 is 0 Å². The summed E-state index contributed by atoms with van der Waals surface area (Å²) >= 11 is 1.85. The van der Waals surface area contributed by atoms with Gasteiger partial charge in [-0.25, -0.2) is 4.79 Å². The number of imide groups is 1. The Kier molecular flexibility index (Phi) is 6.13. The number of carbonyl (C=O) groups is 2. The van der Waals surface area contributed by atoms with Crippen molar-refractivity contribution >= 4 is 23.7 Å². The molecule has 8 nitrogen and oxygen atoms in total. The summed E-state index contributed by atoms with van der Waals surface area (Å²) in [4.78, 5) is 28.6. The quantitative estimate of drug-likeness (QED) is 0.736. The van der Waals surface area contributed by atoms with Crippen molar-refractivity contribution in [2.45, 2.75) is 48.6 Å². The van der Waals surface area contributed by atoms with Gasteiger partial charge >= 0.3 is 6.03 Å². The van der Waals surface area contributed by atoms with E-state index in [1.54, 1.807) is 33.2 Å². The highest BCUT2D eigenvalue weighted by atomic mass is 32.2. The predicted octanol–water partition coefficient (Wildman–Crippen LogP) is 2.36. The zero-order valence-corrected chi connectivity index (χ0v) is 18.7. The number of amides is 3. The fourth-order valence-electron chi connectivity index (χ4n) is 4.63. The van der Waals surface area contributed by atoms with Crippen molar-refractivity contribution < 1.29 is 19.1 Å². The average Bonchev–Trinajstić information content (AvgIpc) is 3.28. The second-order valence-corrected chi connectivity index (χ2v) is 9.55. The topological polar surface area (TPSA) is 83.1 Å². The molecule has 0 radical (unpaired) electrons. The largest absolute Gasteiger partial charge is 0.493 e. The van der Waals surface area contributed by atoms with E-state index in [9.17, 15) is 9.59 Å². The molecule has 4 atom stereocenters. The van der Waals surface area contributed by atoms with Crippen LogP contribution in [0.1, 0.15) is 37.4 Å². The Morgan fingerprint density at radius 1 is 1.03 bits per heavy atom. The first kappa shape index (κ1) is 21.3. The van der Waals surface area contributed by atoms with Gasteiger partial charge in [-0.1, -0.05) is 18.9 Å². The van der Waals surface area contributed by atoms with Crippen LogP contribution in [0, 0.1) is 5.92 Å². The maximum absolute atomic E-state index is 13.1. The summed E-state index contributed by atoms with van der Waals surface area (Å²) in [5, 5.41) is 7.57. The van der Waals surface area contributed by atoms with Crippen molar-refractivity contribution in [3.8, 4) is 11.5 Å². The van der Waals surface area contributed by atoms with Crippen LogP contribution in [0.25, 0.3) is 0 Å². The number of methoxy groups -OCH3 is 2. The summed E-state index contributed by atoms with van der Waals surface area (Å²) in [5.41, 5.74) is 0.968. The van der Waals surface area contributed by atoms with Crippen LogP contribution in [-0.2, 0) is 4.79 Å². The molecular formula is C21H30N4O4S. The third kappa shape index (κ3) is 3.74. The van der Waals surface area contributed by atoms with Gasteiger partial charge in [0.05, 0.1) is 37.8 Å². The van der Waals surface area contributed by atoms with Crippen molar-refractivity contribution in [3.05, 3.63) is 23.8 Å². The Labute approximate surface area is 181 Å². The molecule has 1 aliphatic carbocycles. The van der Waals surface area contributed by atoms with Gasteiger partial charge in [0, 0.05) is 19.3 Å². The number of carbonyl (C=O) groups excluding carboxylic acids is 2. The van der Waals surface area contributed by atoms with Crippen LogP contribution >= 0.6 is 11.8 Å². The highest BCUT2D eigenvalue weighted by molar-refractivity contribution is 8.00. The van der Waals surface area contributed by atoms with Crippen molar-refractivity contribution in [2.75, 3.05) is 28.3 Å². The molecule has 0 aromatic heterocycles. The molecule has 9 heteroatoms. The lowest BCUT2D eigenvalue weighted by Crippen LogP contribution is -2.72. The zero-order valence-electron chi connectivity index (χ0n) is 17.9. The van der Waals surface area contributed by atoms with Gasteiger partial charge in [-0.3, -0.25) is 20.3 Å². The van der Waals surface area contributed by atoms with E-state index in [1.807, 2.05) is 30.0 Å². The van der Waals surface area contributed by atoms with Crippen LogP contribution < -0.4 is 20.1 Å². The molecule has 4 unspecified atom stereocenters. The summed E-state index contributed by atoms with van der Waals surface area (Å²) in [6.07, 6.45) is 4.22. The van der Waals surface area contributed by atoms with Crippen LogP contribution in [0.3, 0.4) is 0 Å². The van der Waals surface area contributed by atoms with E-state index in [4.69, 9.17) is 9.47 Å². The van der Waals surface area contributed by atoms with Gasteiger partial charge in [-0.2, -0.15) is 0 Å². The van der Waals surface area contributed by atoms with Gasteiger partial charge in [-0.05, 0) is 30.5 Å². The van der Waals surface area contributed by atoms with Gasteiger partial charge in [0.25, 0.3) is 0 Å². The molecule has 4 rings (SSSR count). The number of rotatable bonds is 5. The number of nitrogens with zero attached hydrogens (tertiary/aromatic N) is 2. The van der Waals surface area contributed by atoms with Crippen LogP contribution in [0.5, 0.6) is 11.5 Å². The number of hydrogen-bond donors (Lipinski definition) is 2. The number of thioether (sulfide) groups is 1. The second-order valence-electron chi connectivity index (χ2n) is 8.11. The molecule has 3 amide bonds. The van der Waals surface area contributed by atoms with Gasteiger partial charge in [0.2, 0.25) is 5.91 Å². The molecule has 0 spiro atoms. The standard InChI is InChI=1S/C21H30N4O4S/c1-24-18-16(20(26)25(2)21(24)27)19(30-13-7-5-6-8-13)23-17(22-18)12-9-10-14(28-3)15(11-12)29-4/h9-11,13,16-19,22-23H,5-8H2,1-4H3. The van der Waals surface area contributed by atoms with Crippen LogP contribution in [0.2, 0.25) is 0 Å². The van der Waals surface area contributed by atoms with E-state index in [0.29, 0.717) is 16.7 Å². The lowest BCUT2D eigenvalue weighted by atomic mass is 9.96. The summed E-state index contributed by atoms with van der Waals surface area (Å²) in [6, 6.07) is 5.49. The minimum absolute atomic E-state index is 0.0945. The van der Waals surface area contributed by atoms with E-state index < -0.39 is 0 Å². The number of benzene rings is 1. The minimum atomic E-state index is -0.376. The van der Waals surface area contributed by atoms with Gasteiger partial charge in [0.1, 0.15) is 0 Å². The summed E-state index contributed by atoms with van der Waals surface area (Å²) in [7, 11) is 6.54. The fourth-order valence-corrected chi connectivity index (χ4v) is 6.30. The number of hydrogen-bond acceptors (Lipinski definition) is 7. The monoisotopic (exact) mass is 434 g/mol. The third-order valence-electron chi connectivity index (χ3n) is 6.34. The maximum Gasteiger partial charge on any atom is 0.327 e.